The predicted octanol–water partition coefficient (Wildman–Crippen LogP) is -0.162. The maximum absolute atomic E-state index is 13.0. The minimum atomic E-state index is -1.20. The second-order valence-corrected chi connectivity index (χ2v) is 10.3. The van der Waals surface area contributed by atoms with E-state index >= 15 is 0 Å². The number of amides is 2. The van der Waals surface area contributed by atoms with Gasteiger partial charge in [-0.2, -0.15) is 11.8 Å². The molecule has 2 saturated carbocycles. The summed E-state index contributed by atoms with van der Waals surface area (Å²) in [6.07, 6.45) is 5.13. The quantitative estimate of drug-likeness (QED) is 0.173. The van der Waals surface area contributed by atoms with E-state index in [1.54, 1.807) is 6.08 Å². The third kappa shape index (κ3) is 3.79. The Morgan fingerprint density at radius 3 is 2.62 bits per heavy atom. The zero-order valence-electron chi connectivity index (χ0n) is 18.3. The molecule has 5 aliphatic rings. The van der Waals surface area contributed by atoms with E-state index < -0.39 is 40.9 Å². The molecule has 0 aromatic carbocycles. The van der Waals surface area contributed by atoms with Crippen molar-refractivity contribution in [2.45, 2.75) is 55.5 Å². The summed E-state index contributed by atoms with van der Waals surface area (Å²) in [5, 5.41) is 24.4. The number of allylic oxidation sites excluding steroid dienone is 1. The summed E-state index contributed by atoms with van der Waals surface area (Å²) in [6, 6.07) is -1.28. The first kappa shape index (κ1) is 22.6. The zero-order valence-corrected chi connectivity index (χ0v) is 19.1. The number of nitrogens with two attached hydrogens (primary N) is 1. The van der Waals surface area contributed by atoms with Crippen LogP contribution in [0.3, 0.4) is 0 Å². The minimum Gasteiger partial charge on any atom is -0.478 e. The van der Waals surface area contributed by atoms with Crippen molar-refractivity contribution < 1.29 is 29.5 Å². The van der Waals surface area contributed by atoms with Crippen LogP contribution in [0.2, 0.25) is 0 Å². The topological polar surface area (TPSA) is 175 Å². The lowest BCUT2D eigenvalue weighted by atomic mass is 9.71. The van der Waals surface area contributed by atoms with Gasteiger partial charge in [-0.1, -0.05) is 5.16 Å². The number of hydrogen-bond donors (Lipinski definition) is 4. The van der Waals surface area contributed by atoms with Gasteiger partial charge in [0.1, 0.15) is 12.1 Å². The largest absolute Gasteiger partial charge is 0.478 e. The number of Topliss-reactive ketones (excluding diaryl/α,β-unsaturated/α-hetero) is 1. The second-order valence-electron chi connectivity index (χ2n) is 9.16. The first-order valence-electron chi connectivity index (χ1n) is 11.3. The zero-order chi connectivity index (χ0) is 24.1. The van der Waals surface area contributed by atoms with Crippen LogP contribution in [-0.4, -0.2) is 86.0 Å². The lowest BCUT2D eigenvalue weighted by molar-refractivity contribution is -0.139. The molecule has 4 atom stereocenters. The SMILES string of the molecule is NC1=NC(/C(=N/O)C(=O)NC2C(=O)C3C(C(=O)O)=C(/C=C4\CCN(C5CC5)C4=O)CSC23)CC1. The van der Waals surface area contributed by atoms with Crippen LogP contribution in [0.25, 0.3) is 0 Å². The van der Waals surface area contributed by atoms with Crippen molar-refractivity contribution in [3.63, 3.8) is 0 Å². The molecule has 0 bridgehead atoms. The fourth-order valence-electron chi connectivity index (χ4n) is 5.10. The molecule has 3 aliphatic heterocycles. The number of oxime groups is 1. The van der Waals surface area contributed by atoms with Gasteiger partial charge in [0.2, 0.25) is 5.91 Å². The fraction of sp³-hybridized carbons (Fsp3) is 0.545. The molecule has 34 heavy (non-hydrogen) atoms. The number of carbonyl (C=O) groups excluding carboxylic acids is 3. The number of fused-ring (bicyclic) bond motifs is 1. The first-order chi connectivity index (χ1) is 16.3. The fourth-order valence-corrected chi connectivity index (χ4v) is 6.57. The van der Waals surface area contributed by atoms with Gasteiger partial charge < -0.3 is 26.3 Å². The van der Waals surface area contributed by atoms with E-state index in [1.807, 2.05) is 4.90 Å². The van der Waals surface area contributed by atoms with E-state index in [-0.39, 0.29) is 17.2 Å². The number of hydrogen-bond acceptors (Lipinski definition) is 9. The van der Waals surface area contributed by atoms with Crippen LogP contribution in [0, 0.1) is 5.92 Å². The molecule has 2 amide bonds. The summed E-state index contributed by atoms with van der Waals surface area (Å²) < 4.78 is 0. The van der Waals surface area contributed by atoms with Crippen molar-refractivity contribution in [1.82, 2.24) is 10.2 Å². The predicted molar refractivity (Wildman–Crippen MR) is 123 cm³/mol. The van der Waals surface area contributed by atoms with Crippen LogP contribution in [0.5, 0.6) is 0 Å². The highest BCUT2D eigenvalue weighted by Crippen LogP contribution is 2.46. The van der Waals surface area contributed by atoms with Crippen LogP contribution in [0.1, 0.15) is 32.1 Å². The lowest BCUT2D eigenvalue weighted by Crippen LogP contribution is -2.66. The number of carbonyl (C=O) groups is 4. The van der Waals surface area contributed by atoms with Gasteiger partial charge in [-0.15, -0.1) is 0 Å². The van der Waals surface area contributed by atoms with Crippen molar-refractivity contribution in [3.8, 4) is 0 Å². The standard InChI is InChI=1S/C22H25N5O6S/c23-13-4-3-12(24-13)16(26-33)20(29)25-17-18(28)15-14(22(31)32)10(8-34-19(15)17)7-9-5-6-27(21(9)30)11-1-2-11/h7,11-12,15,17,19,33H,1-6,8H2,(H2,23,24)(H,25,29)(H,31,32)/b9-7+,26-16-. The first-order valence-corrected chi connectivity index (χ1v) is 12.3. The normalized spacial score (nSPS) is 32.6. The number of likely N-dealkylation sites (tertiary alicyclic amines) is 1. The van der Waals surface area contributed by atoms with Gasteiger partial charge >= 0.3 is 5.97 Å². The smallest absolute Gasteiger partial charge is 0.332 e. The Bertz CT molecular complexity index is 1110. The number of thioether (sulfide) groups is 1. The second kappa shape index (κ2) is 8.57. The van der Waals surface area contributed by atoms with Crippen LogP contribution in [-0.2, 0) is 19.2 Å². The Labute approximate surface area is 199 Å². The van der Waals surface area contributed by atoms with Gasteiger partial charge in [-0.05, 0) is 37.3 Å². The molecular weight excluding hydrogens is 462 g/mol. The third-order valence-corrected chi connectivity index (χ3v) is 8.43. The molecule has 0 radical (unpaired) electrons. The molecule has 180 valence electrons. The number of nitrogens with zero attached hydrogens (tertiary/aromatic N) is 3. The molecule has 1 saturated heterocycles. The van der Waals surface area contributed by atoms with E-state index in [0.717, 1.165) is 12.8 Å². The van der Waals surface area contributed by atoms with E-state index in [4.69, 9.17) is 5.73 Å². The average Bonchev–Trinajstić information content (AvgIpc) is 3.46. The summed E-state index contributed by atoms with van der Waals surface area (Å²) in [5.41, 5.74) is 6.48. The van der Waals surface area contributed by atoms with Gasteiger partial charge in [0.25, 0.3) is 5.91 Å². The highest BCUT2D eigenvalue weighted by atomic mass is 32.2. The summed E-state index contributed by atoms with van der Waals surface area (Å²) in [6.45, 7) is 0.642. The van der Waals surface area contributed by atoms with Crippen LogP contribution < -0.4 is 11.1 Å². The number of nitrogens with one attached hydrogen (secondary N) is 1. The maximum Gasteiger partial charge on any atom is 0.332 e. The minimum absolute atomic E-state index is 0.00589. The molecule has 0 aromatic rings. The van der Waals surface area contributed by atoms with Crippen molar-refractivity contribution in [2.75, 3.05) is 12.3 Å². The summed E-state index contributed by atoms with van der Waals surface area (Å²) in [5.74, 6) is -2.59. The van der Waals surface area contributed by atoms with E-state index in [9.17, 15) is 29.5 Å². The molecule has 2 aliphatic carbocycles. The van der Waals surface area contributed by atoms with E-state index in [0.29, 0.717) is 54.6 Å². The monoisotopic (exact) mass is 487 g/mol. The average molecular weight is 488 g/mol. The van der Waals surface area contributed by atoms with E-state index in [1.165, 1.54) is 11.8 Å². The number of rotatable bonds is 6. The molecule has 12 heteroatoms. The molecule has 0 spiro atoms. The van der Waals surface area contributed by atoms with Crippen molar-refractivity contribution in [3.05, 3.63) is 22.8 Å². The molecule has 4 unspecified atom stereocenters. The molecule has 0 aromatic heterocycles. The number of carboxylic acids is 1. The highest BCUT2D eigenvalue weighted by molar-refractivity contribution is 8.00. The Hall–Kier alpha value is -3.15. The number of aliphatic imine (C=N–C) groups is 1. The van der Waals surface area contributed by atoms with Crippen molar-refractivity contribution >= 4 is 46.9 Å². The number of carboxylic acid groups (broad SMARTS) is 1. The number of ketones is 1. The molecule has 5 N–H and O–H groups in total. The molecule has 3 fully saturated rings. The van der Waals surface area contributed by atoms with Crippen LogP contribution in [0.15, 0.2) is 32.9 Å². The number of amidine groups is 1. The van der Waals surface area contributed by atoms with Gasteiger partial charge in [-0.25, -0.2) is 4.79 Å². The Balaban J connectivity index is 1.32. The molecule has 5 rings (SSSR count). The highest BCUT2D eigenvalue weighted by Gasteiger charge is 2.56. The van der Waals surface area contributed by atoms with Crippen molar-refractivity contribution in [2.24, 2.45) is 21.8 Å². The van der Waals surface area contributed by atoms with Gasteiger partial charge in [0.15, 0.2) is 11.5 Å². The van der Waals surface area contributed by atoms with E-state index in [2.05, 4.69) is 15.5 Å². The maximum atomic E-state index is 13.0. The summed E-state index contributed by atoms with van der Waals surface area (Å²) >= 11 is 1.38. The van der Waals surface area contributed by atoms with Gasteiger partial charge in [-0.3, -0.25) is 19.4 Å². The summed E-state index contributed by atoms with van der Waals surface area (Å²) in [4.78, 5) is 56.3. The Morgan fingerprint density at radius 2 is 2.00 bits per heavy atom. The van der Waals surface area contributed by atoms with Crippen molar-refractivity contribution in [1.29, 1.82) is 0 Å². The Morgan fingerprint density at radius 1 is 1.24 bits per heavy atom. The Kier molecular flexibility index (Phi) is 5.70. The van der Waals surface area contributed by atoms with Crippen LogP contribution in [0.4, 0.5) is 0 Å². The molecular formula is C22H25N5O6S. The molecule has 3 heterocycles. The van der Waals surface area contributed by atoms with Gasteiger partial charge in [0.05, 0.1) is 17.3 Å². The van der Waals surface area contributed by atoms with Gasteiger partial charge in [0, 0.05) is 35.6 Å². The lowest BCUT2D eigenvalue weighted by Gasteiger charge is -2.46. The third-order valence-electron chi connectivity index (χ3n) is 7.02. The summed E-state index contributed by atoms with van der Waals surface area (Å²) in [7, 11) is 0. The number of aliphatic carboxylic acids is 1. The molecule has 11 nitrogen and oxygen atoms in total. The van der Waals surface area contributed by atoms with Crippen LogP contribution >= 0.6 is 11.8 Å².